The summed E-state index contributed by atoms with van der Waals surface area (Å²) in [6.45, 7) is 1.11. The van der Waals surface area contributed by atoms with E-state index in [1.54, 1.807) is 47.0 Å². The van der Waals surface area contributed by atoms with Gasteiger partial charge in [-0.2, -0.15) is 0 Å². The zero-order valence-corrected chi connectivity index (χ0v) is 20.9. The zero-order chi connectivity index (χ0) is 21.7. The van der Waals surface area contributed by atoms with Gasteiger partial charge in [0, 0.05) is 24.4 Å². The number of fused-ring (bicyclic) bond motifs is 1. The van der Waals surface area contributed by atoms with Gasteiger partial charge in [-0.15, -0.1) is 24.2 Å². The van der Waals surface area contributed by atoms with Crippen LogP contribution in [0.15, 0.2) is 58.3 Å². The molecule has 3 aromatic rings. The van der Waals surface area contributed by atoms with Gasteiger partial charge in [-0.25, -0.2) is 13.4 Å². The largest absolute Gasteiger partial charge is 0.308 e. The van der Waals surface area contributed by atoms with Crippen LogP contribution in [0.25, 0.3) is 10.2 Å². The summed E-state index contributed by atoms with van der Waals surface area (Å²) in [5.74, 6) is -0.462. The van der Waals surface area contributed by atoms with Gasteiger partial charge in [0.05, 0.1) is 20.9 Å². The lowest BCUT2D eigenvalue weighted by Gasteiger charge is -2.22. The zero-order valence-electron chi connectivity index (χ0n) is 17.6. The van der Waals surface area contributed by atoms with E-state index in [0.29, 0.717) is 18.2 Å². The van der Waals surface area contributed by atoms with Crippen LogP contribution in [0.3, 0.4) is 0 Å². The van der Waals surface area contributed by atoms with Crippen LogP contribution < -0.4 is 4.90 Å². The van der Waals surface area contributed by atoms with Crippen LogP contribution in [0.1, 0.15) is 6.42 Å². The molecule has 168 valence electrons. The molecule has 1 heterocycles. The number of thioether (sulfide) groups is 1. The lowest BCUT2D eigenvalue weighted by molar-refractivity contribution is -0.118. The van der Waals surface area contributed by atoms with Gasteiger partial charge >= 0.3 is 0 Å². The number of carbonyl (C=O) groups is 1. The van der Waals surface area contributed by atoms with Crippen molar-refractivity contribution in [3.05, 3.63) is 48.5 Å². The van der Waals surface area contributed by atoms with Gasteiger partial charge in [0.25, 0.3) is 0 Å². The van der Waals surface area contributed by atoms with E-state index >= 15 is 0 Å². The van der Waals surface area contributed by atoms with Crippen LogP contribution in [0, 0.1) is 0 Å². The minimum atomic E-state index is -3.52. The molecule has 1 aromatic heterocycles. The monoisotopic (exact) mass is 499 g/mol. The highest BCUT2D eigenvalue weighted by molar-refractivity contribution is 7.98. The summed E-state index contributed by atoms with van der Waals surface area (Å²) in [5, 5.41) is 0.607. The van der Waals surface area contributed by atoms with E-state index in [2.05, 4.69) is 0 Å². The number of hydrogen-bond donors (Lipinski definition) is 0. The maximum Gasteiger partial charge on any atom is 0.229 e. The normalized spacial score (nSPS) is 11.5. The number of para-hydroxylation sites is 1. The third-order valence-corrected chi connectivity index (χ3v) is 8.13. The Labute approximate surface area is 198 Å². The van der Waals surface area contributed by atoms with Crippen molar-refractivity contribution in [3.8, 4) is 0 Å². The third-order valence-electron chi connectivity index (χ3n) is 4.58. The van der Waals surface area contributed by atoms with Crippen LogP contribution in [0.4, 0.5) is 5.13 Å². The Kier molecular flexibility index (Phi) is 9.32. The molecule has 0 spiro atoms. The summed E-state index contributed by atoms with van der Waals surface area (Å²) in [6, 6.07) is 14.2. The van der Waals surface area contributed by atoms with Gasteiger partial charge in [0.1, 0.15) is 0 Å². The van der Waals surface area contributed by atoms with Crippen molar-refractivity contribution in [2.45, 2.75) is 16.2 Å². The van der Waals surface area contributed by atoms with Crippen LogP contribution in [0.2, 0.25) is 0 Å². The Morgan fingerprint density at radius 3 is 2.42 bits per heavy atom. The van der Waals surface area contributed by atoms with Gasteiger partial charge in [-0.1, -0.05) is 35.6 Å². The average Bonchev–Trinajstić information content (AvgIpc) is 3.16. The summed E-state index contributed by atoms with van der Waals surface area (Å²) in [5.41, 5.74) is 0.879. The number of carbonyl (C=O) groups excluding carboxylic acids is 1. The van der Waals surface area contributed by atoms with E-state index in [1.165, 1.54) is 11.3 Å². The van der Waals surface area contributed by atoms with E-state index < -0.39 is 9.84 Å². The van der Waals surface area contributed by atoms with Gasteiger partial charge in [-0.3, -0.25) is 9.69 Å². The van der Waals surface area contributed by atoms with Crippen molar-refractivity contribution in [1.82, 2.24) is 9.88 Å². The molecule has 0 N–H and O–H groups in total. The second-order valence-corrected chi connectivity index (χ2v) is 11.0. The maximum atomic E-state index is 13.1. The molecule has 1 amide bonds. The number of likely N-dealkylation sites (N-methyl/N-ethyl adjacent to an activating group) is 1. The smallest absolute Gasteiger partial charge is 0.229 e. The number of amides is 1. The number of sulfone groups is 1. The van der Waals surface area contributed by atoms with E-state index in [-0.39, 0.29) is 35.4 Å². The van der Waals surface area contributed by atoms with Crippen molar-refractivity contribution in [1.29, 1.82) is 0 Å². The number of halogens is 1. The molecule has 0 saturated heterocycles. The average molecular weight is 500 g/mol. The number of benzene rings is 2. The van der Waals surface area contributed by atoms with Crippen molar-refractivity contribution >= 4 is 66.6 Å². The van der Waals surface area contributed by atoms with E-state index in [0.717, 1.165) is 15.1 Å². The quantitative estimate of drug-likeness (QED) is 0.411. The van der Waals surface area contributed by atoms with Gasteiger partial charge < -0.3 is 4.90 Å². The van der Waals surface area contributed by atoms with Gasteiger partial charge in [-0.05, 0) is 44.6 Å². The maximum absolute atomic E-state index is 13.1. The molecule has 10 heteroatoms. The van der Waals surface area contributed by atoms with Gasteiger partial charge in [0.15, 0.2) is 15.0 Å². The highest BCUT2D eigenvalue weighted by Crippen LogP contribution is 2.34. The van der Waals surface area contributed by atoms with E-state index in [4.69, 9.17) is 4.98 Å². The molecule has 31 heavy (non-hydrogen) atoms. The molecular formula is C21H26ClN3O3S3. The Morgan fingerprint density at radius 2 is 1.77 bits per heavy atom. The molecule has 3 rings (SSSR count). The van der Waals surface area contributed by atoms with Gasteiger partial charge in [0.2, 0.25) is 5.91 Å². The Bertz CT molecular complexity index is 1120. The molecule has 0 fully saturated rings. The standard InChI is InChI=1S/C21H25N3O3S3.ClH/c1-23(2)13-14-24(21-22-20-17(28-3)10-7-11-18(20)29-21)19(25)12-15-30(26,27)16-8-5-4-6-9-16;/h4-11H,12-15H2,1-3H3;1H. The number of thiazole rings is 1. The van der Waals surface area contributed by atoms with Crippen LogP contribution in [0.5, 0.6) is 0 Å². The number of anilines is 1. The lowest BCUT2D eigenvalue weighted by Crippen LogP contribution is -2.37. The molecule has 0 aliphatic heterocycles. The summed E-state index contributed by atoms with van der Waals surface area (Å²) >= 11 is 3.07. The molecule has 0 atom stereocenters. The molecule has 0 bridgehead atoms. The molecule has 2 aromatic carbocycles. The number of hydrogen-bond acceptors (Lipinski definition) is 7. The second kappa shape index (κ2) is 11.3. The van der Waals surface area contributed by atoms with Crippen molar-refractivity contribution in [2.75, 3.05) is 44.1 Å². The Hall–Kier alpha value is -1.65. The number of rotatable bonds is 9. The fraction of sp³-hybridized carbons (Fsp3) is 0.333. The minimum absolute atomic E-state index is 0. The van der Waals surface area contributed by atoms with Crippen LogP contribution in [-0.4, -0.2) is 63.4 Å². The highest BCUT2D eigenvalue weighted by Gasteiger charge is 2.23. The highest BCUT2D eigenvalue weighted by atomic mass is 35.5. The number of nitrogens with zero attached hydrogens (tertiary/aromatic N) is 3. The molecule has 0 radical (unpaired) electrons. The molecule has 0 aliphatic carbocycles. The van der Waals surface area contributed by atoms with Crippen LogP contribution >= 0.6 is 35.5 Å². The molecule has 0 saturated carbocycles. The predicted octanol–water partition coefficient (Wildman–Crippen LogP) is 4.20. The van der Waals surface area contributed by atoms with Crippen molar-refractivity contribution in [3.63, 3.8) is 0 Å². The summed E-state index contributed by atoms with van der Waals surface area (Å²) in [7, 11) is 0.359. The Morgan fingerprint density at radius 1 is 1.06 bits per heavy atom. The van der Waals surface area contributed by atoms with E-state index in [1.807, 2.05) is 43.5 Å². The topological polar surface area (TPSA) is 70.6 Å². The SMILES string of the molecule is CSc1cccc2sc(N(CCN(C)C)C(=O)CCS(=O)(=O)c3ccccc3)nc12.Cl. The summed E-state index contributed by atoms with van der Waals surface area (Å²) in [6.07, 6.45) is 1.91. The molecule has 6 nitrogen and oxygen atoms in total. The fourth-order valence-corrected chi connectivity index (χ4v) is 5.84. The molecule has 0 unspecified atom stereocenters. The lowest BCUT2D eigenvalue weighted by atomic mass is 10.3. The molecule has 0 aliphatic rings. The van der Waals surface area contributed by atoms with Crippen molar-refractivity contribution < 1.29 is 13.2 Å². The molecular weight excluding hydrogens is 474 g/mol. The Balaban J connectivity index is 0.00000341. The fourth-order valence-electron chi connectivity index (χ4n) is 2.92. The minimum Gasteiger partial charge on any atom is -0.308 e. The first kappa shape index (κ1) is 25.6. The van der Waals surface area contributed by atoms with Crippen LogP contribution in [-0.2, 0) is 14.6 Å². The predicted molar refractivity (Wildman–Crippen MR) is 133 cm³/mol. The second-order valence-electron chi connectivity index (χ2n) is 7.03. The summed E-state index contributed by atoms with van der Waals surface area (Å²) < 4.78 is 26.2. The first-order valence-electron chi connectivity index (χ1n) is 9.48. The third kappa shape index (κ3) is 6.43. The number of aromatic nitrogens is 1. The summed E-state index contributed by atoms with van der Waals surface area (Å²) in [4.78, 5) is 22.7. The van der Waals surface area contributed by atoms with Crippen molar-refractivity contribution in [2.24, 2.45) is 0 Å². The first-order valence-corrected chi connectivity index (χ1v) is 13.2. The first-order chi connectivity index (χ1) is 14.3. The van der Waals surface area contributed by atoms with E-state index in [9.17, 15) is 13.2 Å².